The third kappa shape index (κ3) is 5.81. The Balaban J connectivity index is 1.54. The topological polar surface area (TPSA) is 43.9 Å². The molecule has 2 fully saturated rings. The van der Waals surface area contributed by atoms with E-state index in [4.69, 9.17) is 0 Å². The van der Waals surface area contributed by atoms with E-state index in [-0.39, 0.29) is 17.9 Å². The van der Waals surface area contributed by atoms with Crippen molar-refractivity contribution in [3.63, 3.8) is 0 Å². The lowest BCUT2D eigenvalue weighted by Gasteiger charge is -2.42. The van der Waals surface area contributed by atoms with Gasteiger partial charge >= 0.3 is 0 Å². The molecular formula is C24H37N3O2. The van der Waals surface area contributed by atoms with Crippen LogP contribution in [0.1, 0.15) is 51.0 Å². The van der Waals surface area contributed by atoms with Crippen LogP contribution in [0.25, 0.3) is 0 Å². The molecule has 3 rings (SSSR count). The minimum atomic E-state index is -0.00405. The standard InChI is InChI=1S/C24H37N3O2/c1-3-15-25(2)24(29)23(21-11-7-8-12-21)27-18-16-26(17-19-27)22(28)14-13-20-9-5-4-6-10-20/h4-6,9-10,21,23H,3,7-8,11-19H2,1-2H3/t23-/m1/s1. The maximum Gasteiger partial charge on any atom is 0.239 e. The molecule has 0 unspecified atom stereocenters. The van der Waals surface area contributed by atoms with Crippen molar-refractivity contribution in [1.82, 2.24) is 14.7 Å². The van der Waals surface area contributed by atoms with Crippen LogP contribution in [-0.2, 0) is 16.0 Å². The first-order chi connectivity index (χ1) is 14.1. The fourth-order valence-corrected chi connectivity index (χ4v) is 4.90. The highest BCUT2D eigenvalue weighted by Crippen LogP contribution is 2.32. The van der Waals surface area contributed by atoms with Gasteiger partial charge in [-0.15, -0.1) is 0 Å². The molecule has 1 saturated heterocycles. The molecule has 29 heavy (non-hydrogen) atoms. The second kappa shape index (κ2) is 10.8. The summed E-state index contributed by atoms with van der Waals surface area (Å²) in [5.41, 5.74) is 1.21. The van der Waals surface area contributed by atoms with E-state index in [1.54, 1.807) is 0 Å². The van der Waals surface area contributed by atoms with E-state index in [1.807, 2.05) is 35.0 Å². The van der Waals surface area contributed by atoms with Gasteiger partial charge in [-0.05, 0) is 37.2 Å². The van der Waals surface area contributed by atoms with Gasteiger partial charge in [0.05, 0.1) is 6.04 Å². The summed E-state index contributed by atoms with van der Waals surface area (Å²) >= 11 is 0. The molecule has 2 amide bonds. The van der Waals surface area contributed by atoms with Crippen LogP contribution in [0.5, 0.6) is 0 Å². The van der Waals surface area contributed by atoms with Gasteiger partial charge in [0.2, 0.25) is 11.8 Å². The van der Waals surface area contributed by atoms with Crippen LogP contribution in [0.4, 0.5) is 0 Å². The monoisotopic (exact) mass is 399 g/mol. The molecule has 1 heterocycles. The van der Waals surface area contributed by atoms with E-state index >= 15 is 0 Å². The van der Waals surface area contributed by atoms with Crippen LogP contribution < -0.4 is 0 Å². The molecule has 1 aromatic carbocycles. The normalized spacial score (nSPS) is 19.3. The number of nitrogens with zero attached hydrogens (tertiary/aromatic N) is 3. The van der Waals surface area contributed by atoms with E-state index in [0.29, 0.717) is 12.3 Å². The molecule has 5 nitrogen and oxygen atoms in total. The summed E-state index contributed by atoms with van der Waals surface area (Å²) in [4.78, 5) is 32.1. The minimum Gasteiger partial charge on any atom is -0.344 e. The summed E-state index contributed by atoms with van der Waals surface area (Å²) in [5, 5.41) is 0. The lowest BCUT2D eigenvalue weighted by Crippen LogP contribution is -2.58. The van der Waals surface area contributed by atoms with Gasteiger partial charge in [-0.1, -0.05) is 50.1 Å². The number of amides is 2. The lowest BCUT2D eigenvalue weighted by molar-refractivity contribution is -0.140. The van der Waals surface area contributed by atoms with Gasteiger partial charge in [0.1, 0.15) is 0 Å². The first kappa shape index (κ1) is 21.8. The Bertz CT molecular complexity index is 649. The van der Waals surface area contributed by atoms with Crippen LogP contribution in [0.2, 0.25) is 0 Å². The smallest absolute Gasteiger partial charge is 0.239 e. The summed E-state index contributed by atoms with van der Waals surface area (Å²) in [7, 11) is 1.94. The molecular weight excluding hydrogens is 362 g/mol. The second-order valence-corrected chi connectivity index (χ2v) is 8.65. The highest BCUT2D eigenvalue weighted by atomic mass is 16.2. The van der Waals surface area contributed by atoms with Crippen molar-refractivity contribution >= 4 is 11.8 Å². The molecule has 160 valence electrons. The van der Waals surface area contributed by atoms with Crippen molar-refractivity contribution in [2.45, 2.75) is 57.9 Å². The average molecular weight is 400 g/mol. The average Bonchev–Trinajstić information content (AvgIpc) is 3.28. The summed E-state index contributed by atoms with van der Waals surface area (Å²) in [5.74, 6) is 0.991. The van der Waals surface area contributed by atoms with E-state index in [9.17, 15) is 9.59 Å². The molecule has 0 bridgehead atoms. The lowest BCUT2D eigenvalue weighted by atomic mass is 9.94. The number of hydrogen-bond acceptors (Lipinski definition) is 3. The van der Waals surface area contributed by atoms with Crippen molar-refractivity contribution in [2.24, 2.45) is 5.92 Å². The van der Waals surface area contributed by atoms with Crippen molar-refractivity contribution in [2.75, 3.05) is 39.8 Å². The minimum absolute atomic E-state index is 0.00405. The van der Waals surface area contributed by atoms with E-state index in [1.165, 1.54) is 18.4 Å². The molecule has 0 spiro atoms. The van der Waals surface area contributed by atoms with Gasteiger partial charge in [0.15, 0.2) is 0 Å². The van der Waals surface area contributed by atoms with Gasteiger partial charge in [-0.25, -0.2) is 0 Å². The van der Waals surface area contributed by atoms with Crippen molar-refractivity contribution in [1.29, 1.82) is 0 Å². The third-order valence-electron chi connectivity index (χ3n) is 6.57. The Morgan fingerprint density at radius 3 is 2.34 bits per heavy atom. The van der Waals surface area contributed by atoms with Gasteiger partial charge < -0.3 is 9.80 Å². The summed E-state index contributed by atoms with van der Waals surface area (Å²) in [6.07, 6.45) is 7.15. The molecule has 5 heteroatoms. The maximum absolute atomic E-state index is 13.2. The quantitative estimate of drug-likeness (QED) is 0.674. The van der Waals surface area contributed by atoms with Crippen molar-refractivity contribution in [3.05, 3.63) is 35.9 Å². The SMILES string of the molecule is CCCN(C)C(=O)[C@@H](C1CCCC1)N1CCN(C(=O)CCc2ccccc2)CC1. The van der Waals surface area contributed by atoms with Crippen LogP contribution in [-0.4, -0.2) is 72.3 Å². The van der Waals surface area contributed by atoms with Crippen molar-refractivity contribution < 1.29 is 9.59 Å². The number of rotatable bonds is 8. The fourth-order valence-electron chi connectivity index (χ4n) is 4.90. The Morgan fingerprint density at radius 1 is 1.07 bits per heavy atom. The number of carbonyl (C=O) groups excluding carboxylic acids is 2. The summed E-state index contributed by atoms with van der Waals surface area (Å²) in [6, 6.07) is 10.2. The Morgan fingerprint density at radius 2 is 1.72 bits per heavy atom. The third-order valence-corrected chi connectivity index (χ3v) is 6.57. The second-order valence-electron chi connectivity index (χ2n) is 8.65. The number of piperazine rings is 1. The molecule has 1 saturated carbocycles. The fraction of sp³-hybridized carbons (Fsp3) is 0.667. The van der Waals surface area contributed by atoms with Gasteiger partial charge in [0.25, 0.3) is 0 Å². The number of benzene rings is 1. The molecule has 1 aromatic rings. The number of hydrogen-bond donors (Lipinski definition) is 0. The Hall–Kier alpha value is -1.88. The highest BCUT2D eigenvalue weighted by molar-refractivity contribution is 5.82. The molecule has 0 radical (unpaired) electrons. The predicted octanol–water partition coefficient (Wildman–Crippen LogP) is 3.19. The van der Waals surface area contributed by atoms with Crippen molar-refractivity contribution in [3.8, 4) is 0 Å². The molecule has 1 aliphatic carbocycles. The first-order valence-electron chi connectivity index (χ1n) is 11.4. The zero-order chi connectivity index (χ0) is 20.6. The van der Waals surface area contributed by atoms with Gasteiger partial charge in [-0.3, -0.25) is 14.5 Å². The summed E-state index contributed by atoms with van der Waals surface area (Å²) in [6.45, 7) is 6.03. The van der Waals surface area contributed by atoms with Gasteiger partial charge in [-0.2, -0.15) is 0 Å². The molecule has 1 aliphatic heterocycles. The molecule has 0 N–H and O–H groups in total. The summed E-state index contributed by atoms with van der Waals surface area (Å²) < 4.78 is 0. The predicted molar refractivity (Wildman–Crippen MR) is 117 cm³/mol. The van der Waals surface area contributed by atoms with Gasteiger partial charge in [0, 0.05) is 46.2 Å². The van der Waals surface area contributed by atoms with Crippen LogP contribution in [0.15, 0.2) is 30.3 Å². The zero-order valence-corrected chi connectivity index (χ0v) is 18.2. The van der Waals surface area contributed by atoms with E-state index in [0.717, 1.165) is 58.4 Å². The zero-order valence-electron chi connectivity index (χ0n) is 18.2. The molecule has 2 aliphatic rings. The highest BCUT2D eigenvalue weighted by Gasteiger charge is 2.38. The largest absolute Gasteiger partial charge is 0.344 e. The van der Waals surface area contributed by atoms with Crippen LogP contribution in [0, 0.1) is 5.92 Å². The number of aryl methyl sites for hydroxylation is 1. The van der Waals surface area contributed by atoms with E-state index in [2.05, 4.69) is 24.0 Å². The Kier molecular flexibility index (Phi) is 8.10. The maximum atomic E-state index is 13.2. The van der Waals surface area contributed by atoms with Crippen LogP contribution in [0.3, 0.4) is 0 Å². The molecule has 0 aromatic heterocycles. The number of likely N-dealkylation sites (N-methyl/N-ethyl adjacent to an activating group) is 1. The number of carbonyl (C=O) groups is 2. The van der Waals surface area contributed by atoms with Crippen LogP contribution >= 0.6 is 0 Å². The van der Waals surface area contributed by atoms with E-state index < -0.39 is 0 Å². The first-order valence-corrected chi connectivity index (χ1v) is 11.4. The Labute approximate surface area is 176 Å². The molecule has 1 atom stereocenters.